The third-order valence-corrected chi connectivity index (χ3v) is 4.16. The quantitative estimate of drug-likeness (QED) is 0.665. The van der Waals surface area contributed by atoms with Crippen molar-refractivity contribution in [2.75, 3.05) is 32.5 Å². The van der Waals surface area contributed by atoms with Crippen LogP contribution < -0.4 is 16.2 Å². The monoisotopic (exact) mass is 365 g/mol. The summed E-state index contributed by atoms with van der Waals surface area (Å²) in [5, 5.41) is 6.00. The zero-order valence-electron chi connectivity index (χ0n) is 15.5. The maximum absolute atomic E-state index is 12.4. The smallest absolute Gasteiger partial charge is 0.281 e. The van der Waals surface area contributed by atoms with E-state index in [0.717, 1.165) is 12.1 Å². The minimum atomic E-state index is -0.141. The lowest BCUT2D eigenvalue weighted by molar-refractivity contribution is 0.0951. The molecule has 0 saturated carbocycles. The molecule has 27 heavy (non-hydrogen) atoms. The number of rotatable bonds is 7. The number of aromatic nitrogens is 2. The van der Waals surface area contributed by atoms with Crippen molar-refractivity contribution in [3.8, 4) is 0 Å². The molecular weight excluding hydrogens is 342 g/mol. The Hall–Kier alpha value is -3.19. The molecule has 0 fully saturated rings. The molecule has 3 aromatic rings. The van der Waals surface area contributed by atoms with Gasteiger partial charge in [0.2, 0.25) is 0 Å². The number of nitrogens with one attached hydrogen (secondary N) is 2. The number of pyridine rings is 1. The van der Waals surface area contributed by atoms with Crippen molar-refractivity contribution in [1.82, 2.24) is 19.6 Å². The summed E-state index contributed by atoms with van der Waals surface area (Å²) < 4.78 is 1.50. The second-order valence-corrected chi connectivity index (χ2v) is 6.52. The summed E-state index contributed by atoms with van der Waals surface area (Å²) >= 11 is 0. The number of hydrogen-bond donors (Lipinski definition) is 2. The molecule has 0 atom stereocenters. The van der Waals surface area contributed by atoms with E-state index in [1.165, 1.54) is 4.40 Å². The SMILES string of the molecule is CN(C)CCNC(=O)c1ccc(CNc2cnc3ccccn3c2=O)cc1. The maximum atomic E-state index is 12.4. The second kappa shape index (κ2) is 8.46. The largest absolute Gasteiger partial charge is 0.375 e. The summed E-state index contributed by atoms with van der Waals surface area (Å²) in [6.45, 7) is 1.87. The Labute approximate surface area is 157 Å². The topological polar surface area (TPSA) is 78.7 Å². The molecule has 0 unspecified atom stereocenters. The van der Waals surface area contributed by atoms with Crippen molar-refractivity contribution in [3.05, 3.63) is 76.3 Å². The highest BCUT2D eigenvalue weighted by Gasteiger charge is 2.06. The summed E-state index contributed by atoms with van der Waals surface area (Å²) in [5.74, 6) is -0.0895. The fourth-order valence-electron chi connectivity index (χ4n) is 2.61. The highest BCUT2D eigenvalue weighted by atomic mass is 16.1. The number of carbonyl (C=O) groups excluding carboxylic acids is 1. The van der Waals surface area contributed by atoms with E-state index in [1.807, 2.05) is 37.2 Å². The molecule has 0 radical (unpaired) electrons. The molecule has 0 saturated heterocycles. The molecule has 0 aliphatic rings. The summed E-state index contributed by atoms with van der Waals surface area (Å²) in [4.78, 5) is 30.8. The maximum Gasteiger partial charge on any atom is 0.281 e. The highest BCUT2D eigenvalue weighted by Crippen LogP contribution is 2.08. The van der Waals surface area contributed by atoms with Crippen LogP contribution in [-0.4, -0.2) is 47.4 Å². The van der Waals surface area contributed by atoms with Crippen LogP contribution in [-0.2, 0) is 6.54 Å². The van der Waals surface area contributed by atoms with Crippen molar-refractivity contribution in [2.24, 2.45) is 0 Å². The van der Waals surface area contributed by atoms with Crippen LogP contribution in [0.15, 0.2) is 59.7 Å². The predicted octanol–water partition coefficient (Wildman–Crippen LogP) is 1.60. The van der Waals surface area contributed by atoms with Crippen LogP contribution in [0, 0.1) is 0 Å². The molecule has 2 heterocycles. The number of nitrogens with zero attached hydrogens (tertiary/aromatic N) is 3. The zero-order chi connectivity index (χ0) is 19.2. The normalized spacial score (nSPS) is 10.9. The van der Waals surface area contributed by atoms with Crippen LogP contribution in [0.5, 0.6) is 0 Å². The lowest BCUT2D eigenvalue weighted by atomic mass is 10.1. The van der Waals surface area contributed by atoms with Crippen LogP contribution >= 0.6 is 0 Å². The molecule has 3 rings (SSSR count). The van der Waals surface area contributed by atoms with E-state index in [9.17, 15) is 9.59 Å². The van der Waals surface area contributed by atoms with Gasteiger partial charge in [-0.25, -0.2) is 4.98 Å². The fourth-order valence-corrected chi connectivity index (χ4v) is 2.61. The molecule has 0 aliphatic heterocycles. The molecule has 1 aromatic carbocycles. The number of anilines is 1. The van der Waals surface area contributed by atoms with Crippen LogP contribution in [0.2, 0.25) is 0 Å². The van der Waals surface area contributed by atoms with Gasteiger partial charge in [0, 0.05) is 31.4 Å². The first-order valence-corrected chi connectivity index (χ1v) is 8.77. The predicted molar refractivity (Wildman–Crippen MR) is 106 cm³/mol. The number of fused-ring (bicyclic) bond motifs is 1. The molecule has 0 bridgehead atoms. The van der Waals surface area contributed by atoms with Gasteiger partial charge in [0.1, 0.15) is 11.3 Å². The van der Waals surface area contributed by atoms with Gasteiger partial charge in [-0.3, -0.25) is 14.0 Å². The molecule has 1 amide bonds. The van der Waals surface area contributed by atoms with E-state index >= 15 is 0 Å². The third-order valence-electron chi connectivity index (χ3n) is 4.16. The zero-order valence-corrected chi connectivity index (χ0v) is 15.5. The van der Waals surface area contributed by atoms with E-state index in [2.05, 4.69) is 15.6 Å². The molecular formula is C20H23N5O2. The van der Waals surface area contributed by atoms with E-state index in [-0.39, 0.29) is 11.5 Å². The van der Waals surface area contributed by atoms with Gasteiger partial charge < -0.3 is 15.5 Å². The summed E-state index contributed by atoms with van der Waals surface area (Å²) in [5.41, 5.74) is 2.49. The number of hydrogen-bond acceptors (Lipinski definition) is 5. The first kappa shape index (κ1) is 18.6. The van der Waals surface area contributed by atoms with Crippen LogP contribution in [0.1, 0.15) is 15.9 Å². The first-order valence-electron chi connectivity index (χ1n) is 8.77. The molecule has 7 nitrogen and oxygen atoms in total. The van der Waals surface area contributed by atoms with E-state index in [1.54, 1.807) is 36.7 Å². The van der Waals surface area contributed by atoms with E-state index in [4.69, 9.17) is 0 Å². The molecule has 0 aliphatic carbocycles. The minimum Gasteiger partial charge on any atom is -0.375 e. The average molecular weight is 365 g/mol. The standard InChI is InChI=1S/C20H23N5O2/c1-24(2)12-10-21-19(26)16-8-6-15(7-9-16)13-22-17-14-23-18-5-3-4-11-25(18)20(17)27/h3-9,11,14,22H,10,12-13H2,1-2H3,(H,21,26). The summed E-state index contributed by atoms with van der Waals surface area (Å²) in [6, 6.07) is 12.7. The average Bonchev–Trinajstić information content (AvgIpc) is 2.68. The number of amides is 1. The lowest BCUT2D eigenvalue weighted by Crippen LogP contribution is -2.31. The molecule has 2 N–H and O–H groups in total. The van der Waals surface area contributed by atoms with Crippen molar-refractivity contribution < 1.29 is 4.79 Å². The Bertz CT molecular complexity index is 980. The summed E-state index contributed by atoms with van der Waals surface area (Å²) in [6.07, 6.45) is 3.24. The Balaban J connectivity index is 1.61. The van der Waals surface area contributed by atoms with Gasteiger partial charge in [0.25, 0.3) is 11.5 Å². The molecule has 2 aromatic heterocycles. The first-order chi connectivity index (χ1) is 13.0. The van der Waals surface area contributed by atoms with Crippen LogP contribution in [0.4, 0.5) is 5.69 Å². The van der Waals surface area contributed by atoms with Crippen molar-refractivity contribution in [2.45, 2.75) is 6.54 Å². The van der Waals surface area contributed by atoms with E-state index < -0.39 is 0 Å². The van der Waals surface area contributed by atoms with Crippen molar-refractivity contribution in [3.63, 3.8) is 0 Å². The van der Waals surface area contributed by atoms with Gasteiger partial charge in [-0.15, -0.1) is 0 Å². The number of likely N-dealkylation sites (N-methyl/N-ethyl adjacent to an activating group) is 1. The fraction of sp³-hybridized carbons (Fsp3) is 0.250. The third kappa shape index (κ3) is 4.71. The minimum absolute atomic E-state index is 0.0895. The van der Waals surface area contributed by atoms with Gasteiger partial charge in [0.05, 0.1) is 6.20 Å². The van der Waals surface area contributed by atoms with Gasteiger partial charge in [-0.05, 0) is 43.9 Å². The Morgan fingerprint density at radius 2 is 1.93 bits per heavy atom. The van der Waals surface area contributed by atoms with Crippen LogP contribution in [0.3, 0.4) is 0 Å². The molecule has 140 valence electrons. The summed E-state index contributed by atoms with van der Waals surface area (Å²) in [7, 11) is 3.93. The Morgan fingerprint density at radius 3 is 2.67 bits per heavy atom. The van der Waals surface area contributed by atoms with Gasteiger partial charge in [-0.2, -0.15) is 0 Å². The highest BCUT2D eigenvalue weighted by molar-refractivity contribution is 5.94. The Morgan fingerprint density at radius 1 is 1.15 bits per heavy atom. The number of benzene rings is 1. The van der Waals surface area contributed by atoms with Crippen molar-refractivity contribution >= 4 is 17.2 Å². The Kier molecular flexibility index (Phi) is 5.83. The van der Waals surface area contributed by atoms with Gasteiger partial charge in [0.15, 0.2) is 0 Å². The van der Waals surface area contributed by atoms with Crippen molar-refractivity contribution in [1.29, 1.82) is 0 Å². The van der Waals surface area contributed by atoms with E-state index in [0.29, 0.717) is 30.0 Å². The molecule has 0 spiro atoms. The second-order valence-electron chi connectivity index (χ2n) is 6.52. The molecule has 7 heteroatoms. The number of carbonyl (C=O) groups is 1. The van der Waals surface area contributed by atoms with Gasteiger partial charge >= 0.3 is 0 Å². The van der Waals surface area contributed by atoms with Gasteiger partial charge in [-0.1, -0.05) is 18.2 Å². The lowest BCUT2D eigenvalue weighted by Gasteiger charge is -2.11. The van der Waals surface area contributed by atoms with Crippen LogP contribution in [0.25, 0.3) is 5.65 Å².